The van der Waals surface area contributed by atoms with Crippen molar-refractivity contribution >= 4 is 5.82 Å². The number of rotatable bonds is 7. The van der Waals surface area contributed by atoms with Crippen molar-refractivity contribution in [1.29, 1.82) is 5.26 Å². The SMILES string of the molecule is COCc1cc(OC(F)F)cc(O)c1-c1cc(C#N)c(NC2CCCNC2)nn1. The summed E-state index contributed by atoms with van der Waals surface area (Å²) in [6.07, 6.45) is 1.97. The van der Waals surface area contributed by atoms with Gasteiger partial charge < -0.3 is 25.2 Å². The lowest BCUT2D eigenvalue weighted by Gasteiger charge is -2.24. The lowest BCUT2D eigenvalue weighted by Crippen LogP contribution is -2.38. The standard InChI is InChI=1S/C19H21F2N5O3/c1-28-10-12-5-14(29-19(20)21)7-16(27)17(12)15-6-11(8-22)18(26-25-15)24-13-3-2-4-23-9-13/h5-7,13,19,23,27H,2-4,9-10H2,1H3,(H,24,26). The van der Waals surface area contributed by atoms with Crippen LogP contribution >= 0.6 is 0 Å². The Balaban J connectivity index is 1.95. The van der Waals surface area contributed by atoms with Crippen LogP contribution < -0.4 is 15.4 Å². The molecule has 0 bridgehead atoms. The van der Waals surface area contributed by atoms with E-state index in [1.165, 1.54) is 19.2 Å². The molecule has 1 aliphatic rings. The lowest BCUT2D eigenvalue weighted by molar-refractivity contribution is -0.0500. The number of aromatic hydroxyl groups is 1. The third-order valence-corrected chi connectivity index (χ3v) is 4.51. The third kappa shape index (κ3) is 5.07. The predicted octanol–water partition coefficient (Wildman–Crippen LogP) is 2.63. The molecular formula is C19H21F2N5O3. The summed E-state index contributed by atoms with van der Waals surface area (Å²) in [6, 6.07) is 6.11. The van der Waals surface area contributed by atoms with Gasteiger partial charge in [-0.2, -0.15) is 14.0 Å². The molecule has 0 spiro atoms. The van der Waals surface area contributed by atoms with Gasteiger partial charge in [-0.05, 0) is 37.1 Å². The molecule has 0 radical (unpaired) electrons. The fourth-order valence-electron chi connectivity index (χ4n) is 3.27. The second kappa shape index (κ2) is 9.45. The van der Waals surface area contributed by atoms with Crippen LogP contribution in [-0.2, 0) is 11.3 Å². The normalized spacial score (nSPS) is 16.4. The van der Waals surface area contributed by atoms with E-state index in [0.29, 0.717) is 11.4 Å². The largest absolute Gasteiger partial charge is 0.507 e. The molecule has 0 saturated carbocycles. The van der Waals surface area contributed by atoms with Crippen molar-refractivity contribution in [3.63, 3.8) is 0 Å². The van der Waals surface area contributed by atoms with Gasteiger partial charge in [0.25, 0.3) is 0 Å². The second-order valence-electron chi connectivity index (χ2n) is 6.58. The smallest absolute Gasteiger partial charge is 0.387 e. The number of ether oxygens (including phenoxy) is 2. The number of hydrogen-bond acceptors (Lipinski definition) is 8. The maximum Gasteiger partial charge on any atom is 0.387 e. The van der Waals surface area contributed by atoms with Crippen molar-refractivity contribution < 1.29 is 23.4 Å². The topological polar surface area (TPSA) is 112 Å². The minimum atomic E-state index is -3.03. The Bertz CT molecular complexity index is 898. The molecule has 8 nitrogen and oxygen atoms in total. The minimum absolute atomic E-state index is 0.0145. The number of methoxy groups -OCH3 is 1. The molecule has 1 aromatic heterocycles. The number of aromatic nitrogens is 2. The van der Waals surface area contributed by atoms with E-state index in [9.17, 15) is 19.1 Å². The molecular weight excluding hydrogens is 384 g/mol. The fraction of sp³-hybridized carbons (Fsp3) is 0.421. The number of piperidine rings is 1. The van der Waals surface area contributed by atoms with Crippen LogP contribution in [0.3, 0.4) is 0 Å². The number of anilines is 1. The highest BCUT2D eigenvalue weighted by Crippen LogP contribution is 2.37. The number of alkyl halides is 2. The molecule has 10 heteroatoms. The van der Waals surface area contributed by atoms with E-state index < -0.39 is 6.61 Å². The molecule has 2 aromatic rings. The summed E-state index contributed by atoms with van der Waals surface area (Å²) in [4.78, 5) is 0. The predicted molar refractivity (Wildman–Crippen MR) is 101 cm³/mol. The molecule has 154 valence electrons. The van der Waals surface area contributed by atoms with Gasteiger partial charge >= 0.3 is 6.61 Å². The van der Waals surface area contributed by atoms with E-state index in [4.69, 9.17) is 4.74 Å². The number of nitriles is 1. The van der Waals surface area contributed by atoms with Gasteiger partial charge in [0.2, 0.25) is 0 Å². The zero-order valence-corrected chi connectivity index (χ0v) is 15.8. The maximum absolute atomic E-state index is 12.5. The summed E-state index contributed by atoms with van der Waals surface area (Å²) in [7, 11) is 1.43. The Hall–Kier alpha value is -3.03. The van der Waals surface area contributed by atoms with E-state index in [2.05, 4.69) is 31.6 Å². The van der Waals surface area contributed by atoms with E-state index in [0.717, 1.165) is 32.0 Å². The number of nitrogens with zero attached hydrogens (tertiary/aromatic N) is 3. The van der Waals surface area contributed by atoms with E-state index in [1.807, 2.05) is 0 Å². The minimum Gasteiger partial charge on any atom is -0.507 e. The number of nitrogens with one attached hydrogen (secondary N) is 2. The molecule has 2 heterocycles. The van der Waals surface area contributed by atoms with Gasteiger partial charge in [0, 0.05) is 31.3 Å². The van der Waals surface area contributed by atoms with E-state index in [1.54, 1.807) is 0 Å². The Labute approximate surface area is 166 Å². The van der Waals surface area contributed by atoms with Crippen molar-refractivity contribution in [3.8, 4) is 28.8 Å². The van der Waals surface area contributed by atoms with Crippen LogP contribution in [-0.4, -0.2) is 48.2 Å². The van der Waals surface area contributed by atoms with Crippen LogP contribution in [0.4, 0.5) is 14.6 Å². The Morgan fingerprint density at radius 2 is 2.21 bits per heavy atom. The van der Waals surface area contributed by atoms with Gasteiger partial charge in [0.15, 0.2) is 5.82 Å². The van der Waals surface area contributed by atoms with Crippen LogP contribution in [0.25, 0.3) is 11.3 Å². The molecule has 1 unspecified atom stereocenters. The maximum atomic E-state index is 12.5. The van der Waals surface area contributed by atoms with E-state index >= 15 is 0 Å². The molecule has 1 fully saturated rings. The first kappa shape index (κ1) is 20.7. The van der Waals surface area contributed by atoms with Crippen LogP contribution in [0, 0.1) is 11.3 Å². The first-order valence-corrected chi connectivity index (χ1v) is 9.07. The summed E-state index contributed by atoms with van der Waals surface area (Å²) >= 11 is 0. The lowest BCUT2D eigenvalue weighted by atomic mass is 10.0. The monoisotopic (exact) mass is 405 g/mol. The van der Waals surface area contributed by atoms with Gasteiger partial charge in [-0.3, -0.25) is 0 Å². The zero-order chi connectivity index (χ0) is 20.8. The molecule has 29 heavy (non-hydrogen) atoms. The fourth-order valence-corrected chi connectivity index (χ4v) is 3.27. The van der Waals surface area contributed by atoms with Crippen LogP contribution in [0.5, 0.6) is 11.5 Å². The summed E-state index contributed by atoms with van der Waals surface area (Å²) < 4.78 is 34.5. The highest BCUT2D eigenvalue weighted by Gasteiger charge is 2.20. The van der Waals surface area contributed by atoms with Gasteiger partial charge in [-0.15, -0.1) is 10.2 Å². The number of phenols is 1. The summed E-state index contributed by atoms with van der Waals surface area (Å²) in [5.74, 6) is -0.175. The highest BCUT2D eigenvalue weighted by molar-refractivity contribution is 5.74. The van der Waals surface area contributed by atoms with Crippen molar-refractivity contribution in [3.05, 3.63) is 29.3 Å². The Morgan fingerprint density at radius 1 is 1.38 bits per heavy atom. The molecule has 1 aliphatic heterocycles. The number of halogens is 2. The Morgan fingerprint density at radius 3 is 2.86 bits per heavy atom. The average molecular weight is 405 g/mol. The Kier molecular flexibility index (Phi) is 6.74. The quantitative estimate of drug-likeness (QED) is 0.645. The molecule has 1 saturated heterocycles. The van der Waals surface area contributed by atoms with Gasteiger partial charge in [0.05, 0.1) is 17.9 Å². The first-order chi connectivity index (χ1) is 14.0. The number of phenolic OH excluding ortho intramolecular Hbond substituents is 1. The summed E-state index contributed by atoms with van der Waals surface area (Å²) in [6.45, 7) is -1.29. The summed E-state index contributed by atoms with van der Waals surface area (Å²) in [5, 5.41) is 34.7. The average Bonchev–Trinajstić information content (AvgIpc) is 2.69. The number of hydrogen-bond donors (Lipinski definition) is 3. The third-order valence-electron chi connectivity index (χ3n) is 4.51. The van der Waals surface area contributed by atoms with Crippen LogP contribution in [0.2, 0.25) is 0 Å². The molecule has 1 atom stereocenters. The van der Waals surface area contributed by atoms with Crippen molar-refractivity contribution in [2.75, 3.05) is 25.5 Å². The second-order valence-corrected chi connectivity index (χ2v) is 6.58. The van der Waals surface area contributed by atoms with Crippen LogP contribution in [0.15, 0.2) is 18.2 Å². The van der Waals surface area contributed by atoms with Crippen molar-refractivity contribution in [2.45, 2.75) is 32.1 Å². The van der Waals surface area contributed by atoms with Gasteiger partial charge in [-0.25, -0.2) is 0 Å². The van der Waals surface area contributed by atoms with Gasteiger partial charge in [-0.1, -0.05) is 0 Å². The summed E-state index contributed by atoms with van der Waals surface area (Å²) in [5.41, 5.74) is 1.10. The van der Waals surface area contributed by atoms with Crippen molar-refractivity contribution in [2.24, 2.45) is 0 Å². The molecule has 0 amide bonds. The molecule has 0 aliphatic carbocycles. The molecule has 3 rings (SSSR count). The van der Waals surface area contributed by atoms with Crippen LogP contribution in [0.1, 0.15) is 24.0 Å². The molecule has 3 N–H and O–H groups in total. The van der Waals surface area contributed by atoms with Gasteiger partial charge in [0.1, 0.15) is 17.6 Å². The zero-order valence-electron chi connectivity index (χ0n) is 15.8. The van der Waals surface area contributed by atoms with E-state index in [-0.39, 0.29) is 41.0 Å². The molecule has 1 aromatic carbocycles. The van der Waals surface area contributed by atoms with Crippen molar-refractivity contribution in [1.82, 2.24) is 15.5 Å². The number of benzene rings is 1. The first-order valence-electron chi connectivity index (χ1n) is 9.07. The highest BCUT2D eigenvalue weighted by atomic mass is 19.3.